The van der Waals surface area contributed by atoms with Gasteiger partial charge >= 0.3 is 0 Å². The standard InChI is InChI=1S/C9H16N/c1-3-8-4-2-6-10-9(5-1)7-8/h8-9H,1-7H2. The van der Waals surface area contributed by atoms with Gasteiger partial charge in [-0.25, -0.2) is 5.32 Å². The maximum absolute atomic E-state index is 4.64. The third-order valence-corrected chi connectivity index (χ3v) is 2.91. The summed E-state index contributed by atoms with van der Waals surface area (Å²) in [5, 5.41) is 4.64. The molecular formula is C9H16N. The topological polar surface area (TPSA) is 14.1 Å². The summed E-state index contributed by atoms with van der Waals surface area (Å²) in [6, 6.07) is 0.765. The second-order valence-corrected chi connectivity index (χ2v) is 3.73. The third-order valence-electron chi connectivity index (χ3n) is 2.91. The Morgan fingerprint density at radius 3 is 2.90 bits per heavy atom. The molecule has 0 aromatic rings. The van der Waals surface area contributed by atoms with Crippen molar-refractivity contribution in [1.82, 2.24) is 5.32 Å². The molecule has 1 heterocycles. The van der Waals surface area contributed by atoms with Crippen molar-refractivity contribution in [1.29, 1.82) is 0 Å². The second kappa shape index (κ2) is 2.91. The van der Waals surface area contributed by atoms with Crippen molar-refractivity contribution in [2.75, 3.05) is 6.54 Å². The molecule has 1 saturated carbocycles. The van der Waals surface area contributed by atoms with Crippen LogP contribution in [0, 0.1) is 5.92 Å². The van der Waals surface area contributed by atoms with Crippen molar-refractivity contribution < 1.29 is 0 Å². The normalized spacial score (nSPS) is 40.8. The van der Waals surface area contributed by atoms with E-state index < -0.39 is 0 Å². The van der Waals surface area contributed by atoms with E-state index in [1.165, 1.54) is 38.5 Å². The van der Waals surface area contributed by atoms with Crippen LogP contribution in [-0.2, 0) is 0 Å². The lowest BCUT2D eigenvalue weighted by Crippen LogP contribution is -2.25. The molecule has 1 aliphatic carbocycles. The predicted octanol–water partition coefficient (Wildman–Crippen LogP) is 1.94. The number of rotatable bonds is 0. The van der Waals surface area contributed by atoms with Crippen LogP contribution >= 0.6 is 0 Å². The molecular weight excluding hydrogens is 122 g/mol. The zero-order valence-electron chi connectivity index (χ0n) is 6.55. The summed E-state index contributed by atoms with van der Waals surface area (Å²) in [5.74, 6) is 1.05. The van der Waals surface area contributed by atoms with E-state index in [1.54, 1.807) is 0 Å². The lowest BCUT2D eigenvalue weighted by molar-refractivity contribution is 0.304. The van der Waals surface area contributed by atoms with E-state index in [9.17, 15) is 0 Å². The SMILES string of the molecule is C1C[N]C2CCCC(C1)C2. The van der Waals surface area contributed by atoms with Gasteiger partial charge in [0, 0.05) is 12.6 Å². The molecule has 10 heavy (non-hydrogen) atoms. The largest absolute Gasteiger partial charge is 0.238 e. The van der Waals surface area contributed by atoms with Crippen molar-refractivity contribution in [3.8, 4) is 0 Å². The van der Waals surface area contributed by atoms with Crippen LogP contribution in [0.1, 0.15) is 38.5 Å². The Kier molecular flexibility index (Phi) is 1.94. The Hall–Kier alpha value is -0.0400. The highest BCUT2D eigenvalue weighted by atomic mass is 14.9. The molecule has 2 bridgehead atoms. The molecule has 1 radical (unpaired) electrons. The number of hydrogen-bond donors (Lipinski definition) is 0. The molecule has 1 saturated heterocycles. The van der Waals surface area contributed by atoms with E-state index >= 15 is 0 Å². The molecule has 0 aromatic carbocycles. The Labute approximate surface area is 63.2 Å². The van der Waals surface area contributed by atoms with Gasteiger partial charge in [0.05, 0.1) is 0 Å². The molecule has 1 nitrogen and oxygen atoms in total. The number of nitrogens with zero attached hydrogens (tertiary/aromatic N) is 1. The summed E-state index contributed by atoms with van der Waals surface area (Å²) in [7, 11) is 0. The van der Waals surface area contributed by atoms with Gasteiger partial charge in [0.15, 0.2) is 0 Å². The summed E-state index contributed by atoms with van der Waals surface area (Å²) in [5.41, 5.74) is 0. The van der Waals surface area contributed by atoms with Crippen LogP contribution in [0.4, 0.5) is 0 Å². The highest BCUT2D eigenvalue weighted by molar-refractivity contribution is 4.80. The fraction of sp³-hybridized carbons (Fsp3) is 1.00. The molecule has 2 aliphatic rings. The van der Waals surface area contributed by atoms with E-state index in [0.29, 0.717) is 0 Å². The Morgan fingerprint density at radius 1 is 1.00 bits per heavy atom. The third kappa shape index (κ3) is 1.34. The quantitative estimate of drug-likeness (QED) is 0.485. The van der Waals surface area contributed by atoms with Gasteiger partial charge in [0.1, 0.15) is 0 Å². The fourth-order valence-electron chi connectivity index (χ4n) is 2.34. The van der Waals surface area contributed by atoms with Gasteiger partial charge in [-0.05, 0) is 31.6 Å². The van der Waals surface area contributed by atoms with Crippen LogP contribution in [0.15, 0.2) is 0 Å². The Bertz CT molecular complexity index is 99.3. The second-order valence-electron chi connectivity index (χ2n) is 3.73. The smallest absolute Gasteiger partial charge is 0.0248 e. The molecule has 2 rings (SSSR count). The predicted molar refractivity (Wildman–Crippen MR) is 42.0 cm³/mol. The van der Waals surface area contributed by atoms with Crippen molar-refractivity contribution in [2.45, 2.75) is 44.6 Å². The van der Waals surface area contributed by atoms with Gasteiger partial charge in [-0.1, -0.05) is 12.8 Å². The van der Waals surface area contributed by atoms with Gasteiger partial charge in [-0.15, -0.1) is 0 Å². The van der Waals surface area contributed by atoms with E-state index in [4.69, 9.17) is 0 Å². The minimum absolute atomic E-state index is 0.765. The lowest BCUT2D eigenvalue weighted by Gasteiger charge is -2.24. The maximum Gasteiger partial charge on any atom is 0.0248 e. The summed E-state index contributed by atoms with van der Waals surface area (Å²) >= 11 is 0. The van der Waals surface area contributed by atoms with Crippen molar-refractivity contribution in [3.63, 3.8) is 0 Å². The van der Waals surface area contributed by atoms with Crippen LogP contribution in [0.2, 0.25) is 0 Å². The van der Waals surface area contributed by atoms with Crippen molar-refractivity contribution >= 4 is 0 Å². The Morgan fingerprint density at radius 2 is 1.90 bits per heavy atom. The number of hydrogen-bond acceptors (Lipinski definition) is 0. The first-order chi connectivity index (χ1) is 4.95. The molecule has 2 fully saturated rings. The molecule has 1 heteroatoms. The molecule has 1 aliphatic heterocycles. The fourth-order valence-corrected chi connectivity index (χ4v) is 2.34. The average molecular weight is 138 g/mol. The molecule has 2 unspecified atom stereocenters. The van der Waals surface area contributed by atoms with Gasteiger partial charge in [0.2, 0.25) is 0 Å². The zero-order valence-corrected chi connectivity index (χ0v) is 6.55. The van der Waals surface area contributed by atoms with E-state index in [1.807, 2.05) is 0 Å². The first kappa shape index (κ1) is 6.66. The number of fused-ring (bicyclic) bond motifs is 2. The van der Waals surface area contributed by atoms with Gasteiger partial charge in [-0.2, -0.15) is 0 Å². The molecule has 0 N–H and O–H groups in total. The van der Waals surface area contributed by atoms with E-state index in [0.717, 1.165) is 18.5 Å². The molecule has 57 valence electrons. The van der Waals surface area contributed by atoms with Crippen LogP contribution in [0.5, 0.6) is 0 Å². The first-order valence-electron chi connectivity index (χ1n) is 4.62. The lowest BCUT2D eigenvalue weighted by atomic mass is 9.85. The van der Waals surface area contributed by atoms with Crippen LogP contribution in [0.3, 0.4) is 0 Å². The van der Waals surface area contributed by atoms with Crippen LogP contribution < -0.4 is 5.32 Å². The van der Waals surface area contributed by atoms with E-state index in [2.05, 4.69) is 5.32 Å². The molecule has 2 atom stereocenters. The van der Waals surface area contributed by atoms with E-state index in [-0.39, 0.29) is 0 Å². The monoisotopic (exact) mass is 138 g/mol. The van der Waals surface area contributed by atoms with Crippen LogP contribution in [0.25, 0.3) is 0 Å². The minimum atomic E-state index is 0.765. The highest BCUT2D eigenvalue weighted by Gasteiger charge is 2.24. The van der Waals surface area contributed by atoms with Gasteiger partial charge < -0.3 is 0 Å². The minimum Gasteiger partial charge on any atom is -0.238 e. The van der Waals surface area contributed by atoms with Gasteiger partial charge in [0.25, 0.3) is 0 Å². The van der Waals surface area contributed by atoms with Crippen molar-refractivity contribution in [3.05, 3.63) is 0 Å². The van der Waals surface area contributed by atoms with Crippen molar-refractivity contribution in [2.24, 2.45) is 5.92 Å². The summed E-state index contributed by atoms with van der Waals surface area (Å²) in [6.07, 6.45) is 8.56. The molecule has 0 spiro atoms. The highest BCUT2D eigenvalue weighted by Crippen LogP contribution is 2.30. The maximum atomic E-state index is 4.64. The summed E-state index contributed by atoms with van der Waals surface area (Å²) in [4.78, 5) is 0. The summed E-state index contributed by atoms with van der Waals surface area (Å²) < 4.78 is 0. The molecule has 0 amide bonds. The molecule has 0 aromatic heterocycles. The van der Waals surface area contributed by atoms with Gasteiger partial charge in [-0.3, -0.25) is 0 Å². The summed E-state index contributed by atoms with van der Waals surface area (Å²) in [6.45, 7) is 1.15. The first-order valence-corrected chi connectivity index (χ1v) is 4.62. The zero-order chi connectivity index (χ0) is 6.81. The average Bonchev–Trinajstić information content (AvgIpc) is 2.12. The Balaban J connectivity index is 1.96. The van der Waals surface area contributed by atoms with Crippen LogP contribution in [-0.4, -0.2) is 12.6 Å².